The largest absolute Gasteiger partial charge is 0.318 e. The Labute approximate surface area is 88.7 Å². The second-order valence-electron chi connectivity index (χ2n) is 3.41. The van der Waals surface area contributed by atoms with E-state index in [0.29, 0.717) is 0 Å². The maximum atomic E-state index is 4.45. The third-order valence-electron chi connectivity index (χ3n) is 2.30. The van der Waals surface area contributed by atoms with Gasteiger partial charge in [-0.2, -0.15) is 0 Å². The number of aryl methyl sites for hydroxylation is 2. The van der Waals surface area contributed by atoms with Gasteiger partial charge in [0.15, 0.2) is 11.5 Å². The van der Waals surface area contributed by atoms with E-state index in [-0.39, 0.29) is 0 Å². The molecule has 4 nitrogen and oxygen atoms in total. The van der Waals surface area contributed by atoms with Crippen molar-refractivity contribution in [1.29, 1.82) is 0 Å². The SMILES string of the molecule is C/C=C\c1nc(CC)c2ncn(C)c2n1. The molecule has 15 heavy (non-hydrogen) atoms. The Kier molecular flexibility index (Phi) is 2.49. The van der Waals surface area contributed by atoms with Gasteiger partial charge in [0, 0.05) is 7.05 Å². The van der Waals surface area contributed by atoms with E-state index >= 15 is 0 Å². The monoisotopic (exact) mass is 202 g/mol. The second kappa shape index (κ2) is 3.81. The first-order chi connectivity index (χ1) is 7.26. The fourth-order valence-corrected chi connectivity index (χ4v) is 1.55. The topological polar surface area (TPSA) is 43.6 Å². The molecule has 0 saturated carbocycles. The zero-order valence-electron chi connectivity index (χ0n) is 9.23. The molecule has 0 aliphatic heterocycles. The summed E-state index contributed by atoms with van der Waals surface area (Å²) in [4.78, 5) is 13.2. The Morgan fingerprint density at radius 1 is 1.40 bits per heavy atom. The minimum atomic E-state index is 0.755. The summed E-state index contributed by atoms with van der Waals surface area (Å²) in [5, 5.41) is 0. The molecule has 0 N–H and O–H groups in total. The molecule has 0 aliphatic rings. The van der Waals surface area contributed by atoms with Crippen LogP contribution in [0.5, 0.6) is 0 Å². The first-order valence-electron chi connectivity index (χ1n) is 5.07. The van der Waals surface area contributed by atoms with Gasteiger partial charge in [-0.3, -0.25) is 0 Å². The van der Waals surface area contributed by atoms with Gasteiger partial charge >= 0.3 is 0 Å². The third kappa shape index (κ3) is 1.63. The van der Waals surface area contributed by atoms with Crippen molar-refractivity contribution in [3.63, 3.8) is 0 Å². The zero-order chi connectivity index (χ0) is 10.8. The Morgan fingerprint density at radius 2 is 2.20 bits per heavy atom. The van der Waals surface area contributed by atoms with Crippen molar-refractivity contribution < 1.29 is 0 Å². The van der Waals surface area contributed by atoms with Crippen LogP contribution in [-0.4, -0.2) is 19.5 Å². The summed E-state index contributed by atoms with van der Waals surface area (Å²) in [7, 11) is 1.95. The van der Waals surface area contributed by atoms with Crippen LogP contribution in [0.2, 0.25) is 0 Å². The van der Waals surface area contributed by atoms with Crippen molar-refractivity contribution in [3.8, 4) is 0 Å². The highest BCUT2D eigenvalue weighted by Gasteiger charge is 2.08. The van der Waals surface area contributed by atoms with Crippen LogP contribution >= 0.6 is 0 Å². The van der Waals surface area contributed by atoms with Gasteiger partial charge in [-0.15, -0.1) is 0 Å². The van der Waals surface area contributed by atoms with Crippen LogP contribution in [0, 0.1) is 0 Å². The van der Waals surface area contributed by atoms with Crippen LogP contribution in [0.3, 0.4) is 0 Å². The van der Waals surface area contributed by atoms with Crippen LogP contribution in [-0.2, 0) is 13.5 Å². The average Bonchev–Trinajstić information content (AvgIpc) is 2.60. The molecule has 0 saturated heterocycles. The summed E-state index contributed by atoms with van der Waals surface area (Å²) in [6, 6.07) is 0. The zero-order valence-corrected chi connectivity index (χ0v) is 9.23. The Morgan fingerprint density at radius 3 is 2.87 bits per heavy atom. The molecule has 0 bridgehead atoms. The lowest BCUT2D eigenvalue weighted by Gasteiger charge is -2.00. The molecule has 0 atom stereocenters. The predicted octanol–water partition coefficient (Wildman–Crippen LogP) is 1.96. The van der Waals surface area contributed by atoms with Gasteiger partial charge < -0.3 is 4.57 Å². The maximum absolute atomic E-state index is 4.45. The highest BCUT2D eigenvalue weighted by atomic mass is 15.1. The Hall–Kier alpha value is -1.71. The van der Waals surface area contributed by atoms with E-state index in [1.54, 1.807) is 6.33 Å². The Balaban J connectivity index is 2.73. The molecule has 0 spiro atoms. The maximum Gasteiger partial charge on any atom is 0.163 e. The standard InChI is InChI=1S/C11H14N4/c1-4-6-9-13-8(5-2)10-11(14-9)15(3)7-12-10/h4,6-7H,5H2,1-3H3/b6-4-. The number of allylic oxidation sites excluding steroid dienone is 1. The van der Waals surface area contributed by atoms with Crippen molar-refractivity contribution in [2.24, 2.45) is 7.05 Å². The van der Waals surface area contributed by atoms with Crippen LogP contribution in [0.4, 0.5) is 0 Å². The summed E-state index contributed by atoms with van der Waals surface area (Å²) in [5.41, 5.74) is 2.82. The molecule has 2 aromatic rings. The lowest BCUT2D eigenvalue weighted by atomic mass is 10.3. The van der Waals surface area contributed by atoms with Crippen molar-refractivity contribution in [2.45, 2.75) is 20.3 Å². The van der Waals surface area contributed by atoms with Crippen LogP contribution in [0.15, 0.2) is 12.4 Å². The number of hydrogen-bond acceptors (Lipinski definition) is 3. The molecule has 0 aromatic carbocycles. The van der Waals surface area contributed by atoms with Gasteiger partial charge in [-0.1, -0.05) is 13.0 Å². The molecule has 2 rings (SSSR count). The minimum absolute atomic E-state index is 0.755. The molecule has 78 valence electrons. The fourth-order valence-electron chi connectivity index (χ4n) is 1.55. The summed E-state index contributed by atoms with van der Waals surface area (Å²) < 4.78 is 1.92. The normalized spacial score (nSPS) is 11.7. The average molecular weight is 202 g/mol. The van der Waals surface area contributed by atoms with Gasteiger partial charge in [0.1, 0.15) is 5.52 Å². The first kappa shape index (κ1) is 9.83. The molecule has 0 radical (unpaired) electrons. The van der Waals surface area contributed by atoms with Gasteiger partial charge in [-0.05, 0) is 19.4 Å². The lowest BCUT2D eigenvalue weighted by Crippen LogP contribution is -1.98. The van der Waals surface area contributed by atoms with Crippen LogP contribution < -0.4 is 0 Å². The molecule has 0 unspecified atom stereocenters. The third-order valence-corrected chi connectivity index (χ3v) is 2.30. The van der Waals surface area contributed by atoms with E-state index in [1.165, 1.54) is 0 Å². The van der Waals surface area contributed by atoms with E-state index < -0.39 is 0 Å². The van der Waals surface area contributed by atoms with Crippen molar-refractivity contribution in [1.82, 2.24) is 19.5 Å². The van der Waals surface area contributed by atoms with Gasteiger partial charge in [0.05, 0.1) is 12.0 Å². The quantitative estimate of drug-likeness (QED) is 0.747. The smallest absolute Gasteiger partial charge is 0.163 e. The van der Waals surface area contributed by atoms with Crippen molar-refractivity contribution in [2.75, 3.05) is 0 Å². The minimum Gasteiger partial charge on any atom is -0.318 e. The number of imidazole rings is 1. The summed E-state index contributed by atoms with van der Waals surface area (Å²) in [6.07, 6.45) is 6.50. The second-order valence-corrected chi connectivity index (χ2v) is 3.41. The highest BCUT2D eigenvalue weighted by molar-refractivity contribution is 5.74. The number of aromatic nitrogens is 4. The Bertz CT molecular complexity index is 511. The van der Waals surface area contributed by atoms with Gasteiger partial charge in [0.2, 0.25) is 0 Å². The molecule has 4 heteroatoms. The number of rotatable bonds is 2. The molecule has 2 heterocycles. The molecular formula is C11H14N4. The summed E-state index contributed by atoms with van der Waals surface area (Å²) >= 11 is 0. The molecule has 0 fully saturated rings. The summed E-state index contributed by atoms with van der Waals surface area (Å²) in [6.45, 7) is 4.04. The van der Waals surface area contributed by atoms with Gasteiger partial charge in [-0.25, -0.2) is 15.0 Å². The fraction of sp³-hybridized carbons (Fsp3) is 0.364. The van der Waals surface area contributed by atoms with E-state index in [9.17, 15) is 0 Å². The van der Waals surface area contributed by atoms with E-state index in [2.05, 4.69) is 21.9 Å². The number of fused-ring (bicyclic) bond motifs is 1. The van der Waals surface area contributed by atoms with Gasteiger partial charge in [0.25, 0.3) is 0 Å². The lowest BCUT2D eigenvalue weighted by molar-refractivity contribution is 0.922. The first-order valence-corrected chi connectivity index (χ1v) is 5.07. The van der Waals surface area contributed by atoms with E-state index in [0.717, 1.165) is 29.1 Å². The molecule has 2 aromatic heterocycles. The van der Waals surface area contributed by atoms with Crippen molar-refractivity contribution >= 4 is 17.2 Å². The number of hydrogen-bond donors (Lipinski definition) is 0. The van der Waals surface area contributed by atoms with E-state index in [1.807, 2.05) is 30.7 Å². The summed E-state index contributed by atoms with van der Waals surface area (Å²) in [5.74, 6) is 0.755. The molecule has 0 aliphatic carbocycles. The van der Waals surface area contributed by atoms with Crippen molar-refractivity contribution in [3.05, 3.63) is 23.9 Å². The molecule has 0 amide bonds. The molecular weight excluding hydrogens is 188 g/mol. The van der Waals surface area contributed by atoms with E-state index in [4.69, 9.17) is 0 Å². The highest BCUT2D eigenvalue weighted by Crippen LogP contribution is 2.14. The van der Waals surface area contributed by atoms with Crippen LogP contribution in [0.1, 0.15) is 25.4 Å². The van der Waals surface area contributed by atoms with Crippen LogP contribution in [0.25, 0.3) is 17.2 Å². The number of nitrogens with zero attached hydrogens (tertiary/aromatic N) is 4. The predicted molar refractivity (Wildman–Crippen MR) is 60.4 cm³/mol.